The molecule has 0 saturated carbocycles. The predicted molar refractivity (Wildman–Crippen MR) is 87.9 cm³/mol. The molecule has 4 aromatic rings. The molecule has 0 bridgehead atoms. The lowest BCUT2D eigenvalue weighted by Gasteiger charge is -1.99. The van der Waals surface area contributed by atoms with Gasteiger partial charge in [0.1, 0.15) is 0 Å². The number of hydrogen-bond donors (Lipinski definition) is 0. The van der Waals surface area contributed by atoms with Crippen LogP contribution < -0.4 is 0 Å². The summed E-state index contributed by atoms with van der Waals surface area (Å²) in [5.41, 5.74) is 2.12. The number of imidazole rings is 1. The largest absolute Gasteiger partial charge is 0.333 e. The number of aromatic nitrogens is 4. The number of para-hydroxylation sites is 2. The van der Waals surface area contributed by atoms with Crippen LogP contribution in [0.15, 0.2) is 51.5 Å². The lowest BCUT2D eigenvalue weighted by atomic mass is 10.3. The van der Waals surface area contributed by atoms with Gasteiger partial charge in [-0.3, -0.25) is 0 Å². The Morgan fingerprint density at radius 2 is 2.09 bits per heavy atom. The molecule has 5 nitrogen and oxygen atoms in total. The standard InChI is InChI=1S/C15H12N4OS2/c1-19-11-6-3-2-5-10(11)16-15(19)22-9-13-17-14(20-18-13)12-7-4-8-21-12/h2-8H,9H2,1H3. The summed E-state index contributed by atoms with van der Waals surface area (Å²) in [4.78, 5) is 10.0. The van der Waals surface area contributed by atoms with Crippen molar-refractivity contribution >= 4 is 34.1 Å². The first-order valence-electron chi connectivity index (χ1n) is 6.72. The molecule has 0 unspecified atom stereocenters. The Hall–Kier alpha value is -2.12. The van der Waals surface area contributed by atoms with Crippen molar-refractivity contribution in [1.29, 1.82) is 0 Å². The van der Waals surface area contributed by atoms with Gasteiger partial charge in [0.2, 0.25) is 0 Å². The van der Waals surface area contributed by atoms with Crippen molar-refractivity contribution in [2.24, 2.45) is 7.05 Å². The topological polar surface area (TPSA) is 56.7 Å². The highest BCUT2D eigenvalue weighted by Gasteiger charge is 2.12. The summed E-state index contributed by atoms with van der Waals surface area (Å²) in [6.07, 6.45) is 0. The van der Waals surface area contributed by atoms with Gasteiger partial charge in [-0.1, -0.05) is 35.1 Å². The van der Waals surface area contributed by atoms with E-state index in [1.165, 1.54) is 0 Å². The fraction of sp³-hybridized carbons (Fsp3) is 0.133. The fourth-order valence-electron chi connectivity index (χ4n) is 2.19. The Bertz CT molecular complexity index is 911. The molecular formula is C15H12N4OS2. The van der Waals surface area contributed by atoms with Crippen LogP contribution >= 0.6 is 23.1 Å². The third-order valence-electron chi connectivity index (χ3n) is 3.28. The maximum absolute atomic E-state index is 5.30. The highest BCUT2D eigenvalue weighted by Crippen LogP contribution is 2.27. The lowest BCUT2D eigenvalue weighted by Crippen LogP contribution is -1.92. The first kappa shape index (κ1) is 13.5. The number of rotatable bonds is 4. The van der Waals surface area contributed by atoms with Crippen molar-refractivity contribution in [2.75, 3.05) is 0 Å². The molecule has 4 rings (SSSR count). The summed E-state index contributed by atoms with van der Waals surface area (Å²) in [7, 11) is 2.02. The lowest BCUT2D eigenvalue weighted by molar-refractivity contribution is 0.426. The SMILES string of the molecule is Cn1c(SCc2noc(-c3cccs3)n2)nc2ccccc21. The molecule has 7 heteroatoms. The van der Waals surface area contributed by atoms with Crippen LogP contribution in [-0.2, 0) is 12.8 Å². The van der Waals surface area contributed by atoms with Crippen molar-refractivity contribution in [3.8, 4) is 10.8 Å². The van der Waals surface area contributed by atoms with Crippen molar-refractivity contribution < 1.29 is 4.52 Å². The Labute approximate surface area is 135 Å². The van der Waals surface area contributed by atoms with Gasteiger partial charge in [0.15, 0.2) is 11.0 Å². The molecule has 110 valence electrons. The molecule has 0 N–H and O–H groups in total. The third kappa shape index (κ3) is 2.42. The minimum Gasteiger partial charge on any atom is -0.333 e. The average Bonchev–Trinajstić information content (AvgIpc) is 3.26. The van der Waals surface area contributed by atoms with Gasteiger partial charge in [-0.05, 0) is 23.6 Å². The van der Waals surface area contributed by atoms with Crippen molar-refractivity contribution in [3.05, 3.63) is 47.6 Å². The Morgan fingerprint density at radius 3 is 2.91 bits per heavy atom. The zero-order valence-electron chi connectivity index (χ0n) is 11.8. The second kappa shape index (κ2) is 5.58. The molecule has 3 aromatic heterocycles. The smallest absolute Gasteiger partial charge is 0.268 e. The zero-order chi connectivity index (χ0) is 14.9. The predicted octanol–water partition coefficient (Wildman–Crippen LogP) is 3.98. The van der Waals surface area contributed by atoms with E-state index in [1.54, 1.807) is 23.1 Å². The number of benzene rings is 1. The molecule has 0 spiro atoms. The second-order valence-electron chi connectivity index (χ2n) is 4.72. The molecule has 0 amide bonds. The summed E-state index contributed by atoms with van der Waals surface area (Å²) in [6.45, 7) is 0. The van der Waals surface area contributed by atoms with E-state index in [-0.39, 0.29) is 0 Å². The first-order chi connectivity index (χ1) is 10.8. The second-order valence-corrected chi connectivity index (χ2v) is 6.61. The fourth-order valence-corrected chi connectivity index (χ4v) is 3.67. The monoisotopic (exact) mass is 328 g/mol. The zero-order valence-corrected chi connectivity index (χ0v) is 13.4. The van der Waals surface area contributed by atoms with Gasteiger partial charge >= 0.3 is 0 Å². The summed E-state index contributed by atoms with van der Waals surface area (Å²) < 4.78 is 7.38. The quantitative estimate of drug-likeness (QED) is 0.530. The highest BCUT2D eigenvalue weighted by molar-refractivity contribution is 7.98. The van der Waals surface area contributed by atoms with Crippen molar-refractivity contribution in [3.63, 3.8) is 0 Å². The van der Waals surface area contributed by atoms with Crippen LogP contribution in [0.25, 0.3) is 21.8 Å². The van der Waals surface area contributed by atoms with Gasteiger partial charge in [0.05, 0.1) is 21.7 Å². The first-order valence-corrected chi connectivity index (χ1v) is 8.58. The molecule has 0 aliphatic rings. The van der Waals surface area contributed by atoms with Crippen LogP contribution in [0.1, 0.15) is 5.82 Å². The van der Waals surface area contributed by atoms with E-state index >= 15 is 0 Å². The number of hydrogen-bond acceptors (Lipinski definition) is 6. The molecule has 1 aromatic carbocycles. The molecule has 3 heterocycles. The summed E-state index contributed by atoms with van der Waals surface area (Å²) >= 11 is 3.20. The van der Waals surface area contributed by atoms with E-state index in [2.05, 4.69) is 25.8 Å². The molecule has 0 fully saturated rings. The molecule has 22 heavy (non-hydrogen) atoms. The van der Waals surface area contributed by atoms with E-state index in [9.17, 15) is 0 Å². The summed E-state index contributed by atoms with van der Waals surface area (Å²) in [5.74, 6) is 1.89. The van der Waals surface area contributed by atoms with Gasteiger partial charge in [0.25, 0.3) is 5.89 Å². The molecular weight excluding hydrogens is 316 g/mol. The average molecular weight is 328 g/mol. The van der Waals surface area contributed by atoms with Crippen LogP contribution in [0.2, 0.25) is 0 Å². The minimum atomic E-state index is 0.579. The molecule has 0 atom stereocenters. The number of thioether (sulfide) groups is 1. The van der Waals surface area contributed by atoms with Gasteiger partial charge in [0, 0.05) is 7.05 Å². The number of aryl methyl sites for hydroxylation is 1. The minimum absolute atomic E-state index is 0.579. The van der Waals surface area contributed by atoms with E-state index in [4.69, 9.17) is 4.52 Å². The van der Waals surface area contributed by atoms with E-state index in [0.717, 1.165) is 21.1 Å². The van der Waals surface area contributed by atoms with Gasteiger partial charge in [-0.2, -0.15) is 4.98 Å². The van der Waals surface area contributed by atoms with Crippen molar-refractivity contribution in [1.82, 2.24) is 19.7 Å². The normalized spacial score (nSPS) is 11.3. The van der Waals surface area contributed by atoms with Crippen LogP contribution in [0, 0.1) is 0 Å². The molecule has 0 aliphatic heterocycles. The maximum atomic E-state index is 5.30. The highest BCUT2D eigenvalue weighted by atomic mass is 32.2. The Morgan fingerprint density at radius 1 is 1.18 bits per heavy atom. The summed E-state index contributed by atoms with van der Waals surface area (Å²) in [6, 6.07) is 12.0. The number of thiophene rings is 1. The molecule has 0 saturated heterocycles. The van der Waals surface area contributed by atoms with Crippen LogP contribution in [0.3, 0.4) is 0 Å². The van der Waals surface area contributed by atoms with Crippen LogP contribution in [0.4, 0.5) is 0 Å². The van der Waals surface area contributed by atoms with Crippen molar-refractivity contribution in [2.45, 2.75) is 10.9 Å². The number of fused-ring (bicyclic) bond motifs is 1. The molecule has 0 radical (unpaired) electrons. The van der Waals surface area contributed by atoms with Gasteiger partial charge < -0.3 is 9.09 Å². The third-order valence-corrected chi connectivity index (χ3v) is 5.16. The van der Waals surface area contributed by atoms with Crippen LogP contribution in [-0.4, -0.2) is 19.7 Å². The Kier molecular flexibility index (Phi) is 3.44. The van der Waals surface area contributed by atoms with Gasteiger partial charge in [-0.15, -0.1) is 11.3 Å². The Balaban J connectivity index is 1.53. The summed E-state index contributed by atoms with van der Waals surface area (Å²) in [5, 5.41) is 6.97. The van der Waals surface area contributed by atoms with Crippen LogP contribution in [0.5, 0.6) is 0 Å². The van der Waals surface area contributed by atoms with E-state index < -0.39 is 0 Å². The van der Waals surface area contributed by atoms with E-state index in [1.807, 2.05) is 42.8 Å². The van der Waals surface area contributed by atoms with E-state index in [0.29, 0.717) is 17.5 Å². The number of nitrogens with zero attached hydrogens (tertiary/aromatic N) is 4. The van der Waals surface area contributed by atoms with Gasteiger partial charge in [-0.25, -0.2) is 4.98 Å². The molecule has 0 aliphatic carbocycles. The maximum Gasteiger partial charge on any atom is 0.268 e.